The van der Waals surface area contributed by atoms with Gasteiger partial charge in [-0.05, 0) is 26.7 Å². The smallest absolute Gasteiger partial charge is 0.242 e. The van der Waals surface area contributed by atoms with Gasteiger partial charge in [-0.25, -0.2) is 4.99 Å². The van der Waals surface area contributed by atoms with Crippen LogP contribution in [-0.4, -0.2) is 86.0 Å². The molecule has 1 heterocycles. The molecule has 1 atom stereocenters. The third kappa shape index (κ3) is 8.90. The number of ether oxygens (including phenoxy) is 1. The zero-order valence-electron chi connectivity index (χ0n) is 16.9. The van der Waals surface area contributed by atoms with E-state index in [0.29, 0.717) is 44.8 Å². The van der Waals surface area contributed by atoms with Gasteiger partial charge in [0.05, 0.1) is 18.8 Å². The average Bonchev–Trinajstić information content (AvgIpc) is 2.65. The lowest BCUT2D eigenvalue weighted by Gasteiger charge is -2.34. The van der Waals surface area contributed by atoms with Gasteiger partial charge >= 0.3 is 0 Å². The first-order valence-electron chi connectivity index (χ1n) is 10.3. The number of β-amino-alcohol motifs (C(OH)–C–C–N with tert-alkyl or cyclic N) is 1. The maximum Gasteiger partial charge on any atom is 0.242 e. The minimum absolute atomic E-state index is 0.0424. The van der Waals surface area contributed by atoms with Crippen LogP contribution in [0.15, 0.2) is 4.99 Å². The maximum absolute atomic E-state index is 12.1. The highest BCUT2D eigenvalue weighted by Crippen LogP contribution is 2.17. The van der Waals surface area contributed by atoms with E-state index in [1.165, 1.54) is 19.3 Å². The van der Waals surface area contributed by atoms with E-state index in [1.807, 2.05) is 13.8 Å². The van der Waals surface area contributed by atoms with Crippen LogP contribution < -0.4 is 16.0 Å². The molecule has 2 rings (SSSR count). The molecule has 0 aromatic rings. The monoisotopic (exact) mass is 383 g/mol. The van der Waals surface area contributed by atoms with E-state index in [2.05, 4.69) is 25.8 Å². The lowest BCUT2D eigenvalue weighted by atomic mass is 9.95. The Kier molecular flexibility index (Phi) is 9.30. The molecule has 1 amide bonds. The number of aliphatic hydroxyl groups is 1. The van der Waals surface area contributed by atoms with E-state index in [-0.39, 0.29) is 12.5 Å². The Morgan fingerprint density at radius 2 is 1.93 bits per heavy atom. The van der Waals surface area contributed by atoms with Crippen LogP contribution >= 0.6 is 0 Å². The van der Waals surface area contributed by atoms with Crippen LogP contribution in [-0.2, 0) is 9.53 Å². The quantitative estimate of drug-likeness (QED) is 0.350. The van der Waals surface area contributed by atoms with Crippen molar-refractivity contribution < 1.29 is 14.6 Å². The number of carbonyl (C=O) groups excluding carboxylic acids is 1. The molecule has 1 aliphatic heterocycles. The number of rotatable bonds is 8. The van der Waals surface area contributed by atoms with E-state index >= 15 is 0 Å². The average molecular weight is 384 g/mol. The number of morpholine rings is 1. The highest BCUT2D eigenvalue weighted by atomic mass is 16.5. The number of nitrogens with zero attached hydrogens (tertiary/aromatic N) is 2. The van der Waals surface area contributed by atoms with Crippen molar-refractivity contribution in [3.63, 3.8) is 0 Å². The molecule has 4 N–H and O–H groups in total. The predicted molar refractivity (Wildman–Crippen MR) is 107 cm³/mol. The lowest BCUT2D eigenvalue weighted by Crippen LogP contribution is -2.53. The number of carbonyl (C=O) groups is 1. The number of guanidine groups is 1. The highest BCUT2D eigenvalue weighted by molar-refractivity contribution is 5.85. The molecular weight excluding hydrogens is 346 g/mol. The van der Waals surface area contributed by atoms with Gasteiger partial charge < -0.3 is 25.8 Å². The SMILES string of the molecule is CCNC(=NCC(=O)NC1CCCCC1)NCC(C)(O)CN1CCOCC1. The molecule has 0 radical (unpaired) electrons. The van der Waals surface area contributed by atoms with Crippen LogP contribution in [0, 0.1) is 0 Å². The largest absolute Gasteiger partial charge is 0.387 e. The fourth-order valence-corrected chi connectivity index (χ4v) is 3.58. The molecule has 156 valence electrons. The van der Waals surface area contributed by atoms with Crippen molar-refractivity contribution in [2.24, 2.45) is 4.99 Å². The van der Waals surface area contributed by atoms with Crippen molar-refractivity contribution in [1.29, 1.82) is 0 Å². The minimum Gasteiger partial charge on any atom is -0.387 e. The summed E-state index contributed by atoms with van der Waals surface area (Å²) in [6.45, 7) is 8.62. The number of aliphatic imine (C=N–C) groups is 1. The Bertz CT molecular complexity index is 472. The predicted octanol–water partition coefficient (Wildman–Crippen LogP) is 0.0736. The van der Waals surface area contributed by atoms with Crippen molar-refractivity contribution in [1.82, 2.24) is 20.9 Å². The van der Waals surface area contributed by atoms with Gasteiger partial charge in [0.1, 0.15) is 6.54 Å². The maximum atomic E-state index is 12.1. The van der Waals surface area contributed by atoms with Crippen molar-refractivity contribution >= 4 is 11.9 Å². The molecule has 8 nitrogen and oxygen atoms in total. The normalized spacial score (nSPS) is 22.1. The van der Waals surface area contributed by atoms with Gasteiger partial charge in [0.15, 0.2) is 5.96 Å². The molecule has 27 heavy (non-hydrogen) atoms. The molecule has 0 aromatic carbocycles. The Morgan fingerprint density at radius 1 is 1.22 bits per heavy atom. The molecule has 2 aliphatic rings. The summed E-state index contributed by atoms with van der Waals surface area (Å²) in [5.74, 6) is 0.512. The molecule has 0 spiro atoms. The second-order valence-corrected chi connectivity index (χ2v) is 7.84. The Hall–Kier alpha value is -1.38. The van der Waals surface area contributed by atoms with Crippen LogP contribution in [0.2, 0.25) is 0 Å². The number of hydrogen-bond acceptors (Lipinski definition) is 5. The van der Waals surface area contributed by atoms with Crippen LogP contribution in [0.5, 0.6) is 0 Å². The van der Waals surface area contributed by atoms with Crippen LogP contribution in [0.4, 0.5) is 0 Å². The van der Waals surface area contributed by atoms with Gasteiger partial charge in [0, 0.05) is 38.8 Å². The summed E-state index contributed by atoms with van der Waals surface area (Å²) in [5.41, 5.74) is -0.891. The first-order chi connectivity index (χ1) is 13.0. The van der Waals surface area contributed by atoms with Crippen molar-refractivity contribution in [2.45, 2.75) is 57.6 Å². The van der Waals surface area contributed by atoms with Crippen LogP contribution in [0.25, 0.3) is 0 Å². The fraction of sp³-hybridized carbons (Fsp3) is 0.895. The van der Waals surface area contributed by atoms with Crippen LogP contribution in [0.1, 0.15) is 46.0 Å². The number of amides is 1. The molecule has 0 bridgehead atoms. The second kappa shape index (κ2) is 11.5. The molecule has 0 aromatic heterocycles. The van der Waals surface area contributed by atoms with Gasteiger partial charge in [0.2, 0.25) is 5.91 Å². The third-order valence-corrected chi connectivity index (χ3v) is 5.00. The van der Waals surface area contributed by atoms with E-state index in [9.17, 15) is 9.90 Å². The van der Waals surface area contributed by atoms with Crippen molar-refractivity contribution in [3.05, 3.63) is 0 Å². The Balaban J connectivity index is 1.76. The van der Waals surface area contributed by atoms with E-state index in [1.54, 1.807) is 0 Å². The molecular formula is C19H37N5O3. The minimum atomic E-state index is -0.891. The molecule has 1 saturated carbocycles. The summed E-state index contributed by atoms with van der Waals surface area (Å²) in [6, 6.07) is 0.297. The number of hydrogen-bond donors (Lipinski definition) is 4. The van der Waals surface area contributed by atoms with Crippen LogP contribution in [0.3, 0.4) is 0 Å². The summed E-state index contributed by atoms with van der Waals surface area (Å²) in [4.78, 5) is 18.7. The fourth-order valence-electron chi connectivity index (χ4n) is 3.58. The van der Waals surface area contributed by atoms with E-state index in [0.717, 1.165) is 25.9 Å². The summed E-state index contributed by atoms with van der Waals surface area (Å²) >= 11 is 0. The summed E-state index contributed by atoms with van der Waals surface area (Å²) in [6.07, 6.45) is 5.78. The first-order valence-corrected chi connectivity index (χ1v) is 10.3. The first kappa shape index (κ1) is 21.9. The Morgan fingerprint density at radius 3 is 2.59 bits per heavy atom. The summed E-state index contributed by atoms with van der Waals surface area (Å²) < 4.78 is 5.35. The molecule has 8 heteroatoms. The Labute approximate surface area is 163 Å². The van der Waals surface area contributed by atoms with Gasteiger partial charge in [0.25, 0.3) is 0 Å². The summed E-state index contributed by atoms with van der Waals surface area (Å²) in [7, 11) is 0. The third-order valence-electron chi connectivity index (χ3n) is 5.00. The zero-order chi connectivity index (χ0) is 19.5. The van der Waals surface area contributed by atoms with Gasteiger partial charge in [-0.1, -0.05) is 19.3 Å². The highest BCUT2D eigenvalue weighted by Gasteiger charge is 2.25. The second-order valence-electron chi connectivity index (χ2n) is 7.84. The van der Waals surface area contributed by atoms with Crippen molar-refractivity contribution in [2.75, 3.05) is 52.5 Å². The summed E-state index contributed by atoms with van der Waals surface area (Å²) in [5, 5.41) is 20.0. The van der Waals surface area contributed by atoms with Gasteiger partial charge in [-0.2, -0.15) is 0 Å². The van der Waals surface area contributed by atoms with E-state index < -0.39 is 5.60 Å². The van der Waals surface area contributed by atoms with E-state index in [4.69, 9.17) is 4.74 Å². The molecule has 1 saturated heterocycles. The zero-order valence-corrected chi connectivity index (χ0v) is 16.9. The molecule has 2 fully saturated rings. The molecule has 1 aliphatic carbocycles. The standard InChI is InChI=1S/C19H37N5O3/c1-3-20-18(21-13-17(25)23-16-7-5-4-6-8-16)22-14-19(2,26)15-24-9-11-27-12-10-24/h16,26H,3-15H2,1-2H3,(H,23,25)(H2,20,21,22). The molecule has 1 unspecified atom stereocenters. The van der Waals surface area contributed by atoms with Gasteiger partial charge in [-0.15, -0.1) is 0 Å². The van der Waals surface area contributed by atoms with Gasteiger partial charge in [-0.3, -0.25) is 9.69 Å². The lowest BCUT2D eigenvalue weighted by molar-refractivity contribution is -0.120. The topological polar surface area (TPSA) is 98.2 Å². The van der Waals surface area contributed by atoms with Crippen molar-refractivity contribution in [3.8, 4) is 0 Å². The number of nitrogens with one attached hydrogen (secondary N) is 3.